The van der Waals surface area contributed by atoms with Crippen molar-refractivity contribution in [2.75, 3.05) is 0 Å². The third-order valence-corrected chi connectivity index (χ3v) is 5.03. The first kappa shape index (κ1) is 19.7. The molecule has 1 aromatic rings. The fourth-order valence-electron chi connectivity index (χ4n) is 3.05. The van der Waals surface area contributed by atoms with E-state index in [4.69, 9.17) is 0 Å². The summed E-state index contributed by atoms with van der Waals surface area (Å²) in [6.45, 7) is 4.11. The molecule has 0 heterocycles. The van der Waals surface area contributed by atoms with Crippen LogP contribution >= 0.6 is 15.9 Å². The largest absolute Gasteiger partial charge is 0.354 e. The lowest BCUT2D eigenvalue weighted by Gasteiger charge is -2.29. The Kier molecular flexibility index (Phi) is 7.23. The molecule has 0 bridgehead atoms. The van der Waals surface area contributed by atoms with Crippen molar-refractivity contribution in [1.29, 1.82) is 0 Å². The molecule has 0 saturated heterocycles. The average molecular weight is 414 g/mol. The Labute approximate surface area is 156 Å². The number of halogens is 2. The van der Waals surface area contributed by atoms with Gasteiger partial charge in [0.1, 0.15) is 5.82 Å². The minimum absolute atomic E-state index is 0.0207. The van der Waals surface area contributed by atoms with Gasteiger partial charge in [0.25, 0.3) is 0 Å². The smallest absolute Gasteiger partial charge is 0.315 e. The number of benzene rings is 1. The highest BCUT2D eigenvalue weighted by molar-refractivity contribution is 9.10. The summed E-state index contributed by atoms with van der Waals surface area (Å²) < 4.78 is 14.0. The van der Waals surface area contributed by atoms with Crippen LogP contribution in [-0.2, 0) is 11.3 Å². The first-order chi connectivity index (χ1) is 11.8. The minimum Gasteiger partial charge on any atom is -0.354 e. The molecular weight excluding hydrogens is 389 g/mol. The van der Waals surface area contributed by atoms with Gasteiger partial charge in [-0.25, -0.2) is 9.18 Å². The molecule has 1 aromatic carbocycles. The highest BCUT2D eigenvalue weighted by Crippen LogP contribution is 2.24. The molecule has 2 unspecified atom stereocenters. The molecule has 0 aliphatic heterocycles. The van der Waals surface area contributed by atoms with E-state index in [1.54, 1.807) is 6.07 Å². The lowest BCUT2D eigenvalue weighted by molar-refractivity contribution is -0.126. The Morgan fingerprint density at radius 2 is 2.08 bits per heavy atom. The molecule has 1 fully saturated rings. The van der Waals surface area contributed by atoms with E-state index < -0.39 is 0 Å². The Hall–Kier alpha value is -1.63. The van der Waals surface area contributed by atoms with Gasteiger partial charge in [-0.1, -0.05) is 22.4 Å². The first-order valence-electron chi connectivity index (χ1n) is 8.64. The molecule has 138 valence electrons. The second-order valence-corrected chi connectivity index (χ2v) is 7.64. The fraction of sp³-hybridized carbons (Fsp3) is 0.556. The van der Waals surface area contributed by atoms with E-state index in [9.17, 15) is 14.0 Å². The van der Waals surface area contributed by atoms with Crippen molar-refractivity contribution in [3.63, 3.8) is 0 Å². The fourth-order valence-corrected chi connectivity index (χ4v) is 3.44. The summed E-state index contributed by atoms with van der Waals surface area (Å²) in [7, 11) is 0. The van der Waals surface area contributed by atoms with Crippen LogP contribution in [0.25, 0.3) is 0 Å². The summed E-state index contributed by atoms with van der Waals surface area (Å²) in [6, 6.07) is 4.16. The monoisotopic (exact) mass is 413 g/mol. The molecule has 2 atom stereocenters. The van der Waals surface area contributed by atoms with Gasteiger partial charge in [0.2, 0.25) is 5.91 Å². The van der Waals surface area contributed by atoms with Crippen molar-refractivity contribution in [1.82, 2.24) is 16.0 Å². The summed E-state index contributed by atoms with van der Waals surface area (Å²) in [5.41, 5.74) is 0.674. The van der Waals surface area contributed by atoms with Crippen LogP contribution in [0.1, 0.15) is 45.1 Å². The van der Waals surface area contributed by atoms with E-state index in [0.29, 0.717) is 12.0 Å². The number of urea groups is 1. The Bertz CT molecular complexity index is 624. The zero-order valence-electron chi connectivity index (χ0n) is 14.6. The van der Waals surface area contributed by atoms with E-state index in [0.717, 1.165) is 23.7 Å². The van der Waals surface area contributed by atoms with E-state index in [1.165, 1.54) is 12.1 Å². The molecule has 5 nitrogen and oxygen atoms in total. The Morgan fingerprint density at radius 3 is 2.80 bits per heavy atom. The highest BCUT2D eigenvalue weighted by Gasteiger charge is 2.28. The lowest BCUT2D eigenvalue weighted by atomic mass is 9.85. The van der Waals surface area contributed by atoms with Crippen LogP contribution in [0.15, 0.2) is 22.7 Å². The normalized spacial score (nSPS) is 20.2. The molecule has 0 aromatic heterocycles. The number of carbonyl (C=O) groups excluding carboxylic acids is 2. The highest BCUT2D eigenvalue weighted by atomic mass is 79.9. The second kappa shape index (κ2) is 9.17. The van der Waals surface area contributed by atoms with Gasteiger partial charge in [-0.05, 0) is 56.9 Å². The summed E-state index contributed by atoms with van der Waals surface area (Å²) >= 11 is 3.34. The van der Waals surface area contributed by atoms with Gasteiger partial charge < -0.3 is 16.0 Å². The Balaban J connectivity index is 1.81. The van der Waals surface area contributed by atoms with Crippen LogP contribution in [0.5, 0.6) is 0 Å². The third-order valence-electron chi connectivity index (χ3n) is 4.26. The van der Waals surface area contributed by atoms with Crippen LogP contribution in [0, 0.1) is 11.7 Å². The lowest BCUT2D eigenvalue weighted by Crippen LogP contribution is -2.46. The molecule has 0 spiro atoms. The van der Waals surface area contributed by atoms with Gasteiger partial charge >= 0.3 is 6.03 Å². The van der Waals surface area contributed by atoms with Crippen molar-refractivity contribution in [2.24, 2.45) is 5.92 Å². The standard InChI is InChI=1S/C18H25BrFN3O2/c1-11(2)22-17(24)12-4-3-5-15(9-12)23-18(25)21-10-13-8-14(20)6-7-16(13)19/h6-8,11-12,15H,3-5,9-10H2,1-2H3,(H,22,24)(H2,21,23,25). The predicted octanol–water partition coefficient (Wildman–Crippen LogP) is 3.47. The zero-order chi connectivity index (χ0) is 18.4. The molecular formula is C18H25BrFN3O2. The Morgan fingerprint density at radius 1 is 1.32 bits per heavy atom. The number of hydrogen-bond acceptors (Lipinski definition) is 2. The number of hydrogen-bond donors (Lipinski definition) is 3. The van der Waals surface area contributed by atoms with Crippen molar-refractivity contribution < 1.29 is 14.0 Å². The van der Waals surface area contributed by atoms with E-state index in [1.807, 2.05) is 13.8 Å². The molecule has 2 rings (SSSR count). The number of amides is 3. The van der Waals surface area contributed by atoms with Gasteiger partial charge in [0, 0.05) is 29.0 Å². The molecule has 1 aliphatic rings. The van der Waals surface area contributed by atoms with Crippen molar-refractivity contribution >= 4 is 27.9 Å². The molecule has 1 aliphatic carbocycles. The number of rotatable bonds is 5. The van der Waals surface area contributed by atoms with E-state index in [-0.39, 0.29) is 42.3 Å². The SMILES string of the molecule is CC(C)NC(=O)C1CCCC(NC(=O)NCc2cc(F)ccc2Br)C1. The van der Waals surface area contributed by atoms with Gasteiger partial charge in [-0.15, -0.1) is 0 Å². The number of nitrogens with one attached hydrogen (secondary N) is 3. The maximum Gasteiger partial charge on any atom is 0.315 e. The summed E-state index contributed by atoms with van der Waals surface area (Å²) in [4.78, 5) is 24.2. The second-order valence-electron chi connectivity index (χ2n) is 6.79. The molecule has 3 amide bonds. The third kappa shape index (κ3) is 6.30. The van der Waals surface area contributed by atoms with Crippen LogP contribution in [0.3, 0.4) is 0 Å². The zero-order valence-corrected chi connectivity index (χ0v) is 16.2. The maximum atomic E-state index is 13.3. The molecule has 25 heavy (non-hydrogen) atoms. The van der Waals surface area contributed by atoms with Crippen molar-refractivity contribution in [2.45, 2.75) is 58.2 Å². The van der Waals surface area contributed by atoms with Crippen molar-refractivity contribution in [3.8, 4) is 0 Å². The number of carbonyl (C=O) groups is 2. The van der Waals surface area contributed by atoms with Crippen LogP contribution < -0.4 is 16.0 Å². The first-order valence-corrected chi connectivity index (χ1v) is 9.43. The molecule has 1 saturated carbocycles. The summed E-state index contributed by atoms with van der Waals surface area (Å²) in [5.74, 6) is -0.337. The predicted molar refractivity (Wildman–Crippen MR) is 98.5 cm³/mol. The van der Waals surface area contributed by atoms with Gasteiger partial charge in [0.05, 0.1) is 0 Å². The topological polar surface area (TPSA) is 70.2 Å². The molecule has 7 heteroatoms. The molecule has 3 N–H and O–H groups in total. The van der Waals surface area contributed by atoms with Gasteiger partial charge in [0.15, 0.2) is 0 Å². The van der Waals surface area contributed by atoms with E-state index >= 15 is 0 Å². The quantitative estimate of drug-likeness (QED) is 0.691. The van der Waals surface area contributed by atoms with Crippen LogP contribution in [-0.4, -0.2) is 24.0 Å². The van der Waals surface area contributed by atoms with Crippen LogP contribution in [0.2, 0.25) is 0 Å². The summed E-state index contributed by atoms with van der Waals surface area (Å²) in [6.07, 6.45) is 3.28. The minimum atomic E-state index is -0.341. The van der Waals surface area contributed by atoms with Crippen molar-refractivity contribution in [3.05, 3.63) is 34.1 Å². The molecule has 0 radical (unpaired) electrons. The van der Waals surface area contributed by atoms with Crippen LogP contribution in [0.4, 0.5) is 9.18 Å². The summed E-state index contributed by atoms with van der Waals surface area (Å²) in [5, 5.41) is 8.60. The van der Waals surface area contributed by atoms with Gasteiger partial charge in [-0.2, -0.15) is 0 Å². The van der Waals surface area contributed by atoms with Gasteiger partial charge in [-0.3, -0.25) is 4.79 Å². The average Bonchev–Trinajstić information content (AvgIpc) is 2.55. The van der Waals surface area contributed by atoms with E-state index in [2.05, 4.69) is 31.9 Å². The maximum absolute atomic E-state index is 13.3.